The number of aryl methyl sites for hydroxylation is 1. The zero-order valence-corrected chi connectivity index (χ0v) is 26.6. The standard InChI is InChI=1S/C27H15N4O.C12H10N.Ir/c1-2-8-18(9-3-1)31-23-15-16-28-30-26(23)29-27(31)22-12-6-11-20-21-14-13-17-7-4-5-10-19(17)24(21)32-25(20)22;1-10-7-8-12(13-9-10)11-5-3-2-4-6-11;/h1-11,13-16H;2-5,7-9H,1H3;/q2*-1;/i;1D3;. The SMILES string of the molecule is [2H]C([2H])([2H])c1ccc(-c2[c-]cccc2)nc1.[Ir].[c-]1ccc2c(oc3c4ccccc4ccc23)c1-c1nc2nnccc2n1-c1ccccc1. The minimum Gasteiger partial charge on any atom is -0.500 e. The van der Waals surface area contributed by atoms with Gasteiger partial charge in [-0.05, 0) is 41.7 Å². The quantitative estimate of drug-likeness (QED) is 0.168. The normalized spacial score (nSPS) is 12.2. The van der Waals surface area contributed by atoms with Gasteiger partial charge in [-0.15, -0.1) is 59.2 Å². The van der Waals surface area contributed by atoms with Crippen LogP contribution in [-0.4, -0.2) is 24.7 Å². The minimum absolute atomic E-state index is 0. The van der Waals surface area contributed by atoms with Gasteiger partial charge in [0, 0.05) is 46.9 Å². The van der Waals surface area contributed by atoms with Crippen LogP contribution in [0.4, 0.5) is 0 Å². The van der Waals surface area contributed by atoms with Crippen LogP contribution in [-0.2, 0) is 20.1 Å². The van der Waals surface area contributed by atoms with Crippen LogP contribution in [0.3, 0.4) is 0 Å². The molecule has 0 aliphatic carbocycles. The van der Waals surface area contributed by atoms with E-state index in [4.69, 9.17) is 13.5 Å². The van der Waals surface area contributed by atoms with Gasteiger partial charge in [0.05, 0.1) is 23.1 Å². The average Bonchev–Trinajstić information content (AvgIpc) is 3.72. The van der Waals surface area contributed by atoms with Gasteiger partial charge in [0.2, 0.25) is 0 Å². The van der Waals surface area contributed by atoms with Crippen LogP contribution in [0, 0.1) is 19.0 Å². The van der Waals surface area contributed by atoms with E-state index in [1.54, 1.807) is 24.4 Å². The average molecular weight is 775 g/mol. The largest absolute Gasteiger partial charge is 0.500 e. The number of nitrogens with zero attached hydrogens (tertiary/aromatic N) is 5. The van der Waals surface area contributed by atoms with E-state index in [0.29, 0.717) is 5.65 Å². The van der Waals surface area contributed by atoms with Crippen molar-refractivity contribution in [3.63, 3.8) is 0 Å². The van der Waals surface area contributed by atoms with E-state index in [1.165, 1.54) is 6.20 Å². The van der Waals surface area contributed by atoms with Crippen LogP contribution in [0.25, 0.3) is 72.2 Å². The Morgan fingerprint density at radius 3 is 2.41 bits per heavy atom. The first-order valence-electron chi connectivity index (χ1n) is 15.9. The summed E-state index contributed by atoms with van der Waals surface area (Å²) in [6, 6.07) is 45.7. The second-order valence-electron chi connectivity index (χ2n) is 10.4. The van der Waals surface area contributed by atoms with Crippen molar-refractivity contribution in [2.45, 2.75) is 6.85 Å². The van der Waals surface area contributed by atoms with E-state index in [9.17, 15) is 0 Å². The predicted octanol–water partition coefficient (Wildman–Crippen LogP) is 9.19. The molecule has 9 aromatic rings. The monoisotopic (exact) mass is 775 g/mol. The molecule has 0 saturated carbocycles. The molecule has 0 saturated heterocycles. The molecule has 0 aliphatic rings. The number of pyridine rings is 1. The van der Waals surface area contributed by atoms with Gasteiger partial charge in [-0.1, -0.05) is 77.7 Å². The molecule has 0 bridgehead atoms. The van der Waals surface area contributed by atoms with Gasteiger partial charge in [0.1, 0.15) is 5.58 Å². The molecule has 4 aromatic heterocycles. The molecule has 7 heteroatoms. The van der Waals surface area contributed by atoms with E-state index in [0.717, 1.165) is 66.6 Å². The van der Waals surface area contributed by atoms with E-state index < -0.39 is 6.85 Å². The number of benzene rings is 5. The van der Waals surface area contributed by atoms with E-state index in [1.807, 2.05) is 60.7 Å². The van der Waals surface area contributed by atoms with Crippen molar-refractivity contribution in [3.8, 4) is 28.3 Å². The fourth-order valence-electron chi connectivity index (χ4n) is 5.58. The van der Waals surface area contributed by atoms with Gasteiger partial charge in [-0.3, -0.25) is 4.98 Å². The van der Waals surface area contributed by atoms with Crippen molar-refractivity contribution in [2.24, 2.45) is 0 Å². The number of aromatic nitrogens is 5. The van der Waals surface area contributed by atoms with Crippen molar-refractivity contribution in [3.05, 3.63) is 151 Å². The number of para-hydroxylation sites is 1. The minimum atomic E-state index is -2.09. The second kappa shape index (κ2) is 12.5. The maximum absolute atomic E-state index is 7.23. The maximum Gasteiger partial charge on any atom is 0.190 e. The molecular weight excluding hydrogens is 747 g/mol. The van der Waals surface area contributed by atoms with Gasteiger partial charge in [0.15, 0.2) is 5.65 Å². The molecular formula is C39H25IrN5O-2. The Hall–Kier alpha value is -5.49. The molecule has 0 spiro atoms. The molecule has 0 unspecified atom stereocenters. The maximum atomic E-state index is 7.23. The summed E-state index contributed by atoms with van der Waals surface area (Å²) in [5, 5.41) is 12.6. The first-order valence-corrected chi connectivity index (χ1v) is 14.4. The molecule has 0 N–H and O–H groups in total. The predicted molar refractivity (Wildman–Crippen MR) is 179 cm³/mol. The fourth-order valence-corrected chi connectivity index (χ4v) is 5.58. The summed E-state index contributed by atoms with van der Waals surface area (Å²) >= 11 is 0. The molecule has 9 rings (SSSR count). The van der Waals surface area contributed by atoms with Crippen LogP contribution in [0.15, 0.2) is 138 Å². The number of fused-ring (bicyclic) bond motifs is 6. The second-order valence-corrected chi connectivity index (χ2v) is 10.4. The Morgan fingerprint density at radius 2 is 1.59 bits per heavy atom. The molecule has 6 nitrogen and oxygen atoms in total. The summed E-state index contributed by atoms with van der Waals surface area (Å²) in [6.07, 6.45) is 3.08. The Balaban J connectivity index is 0.000000189. The summed E-state index contributed by atoms with van der Waals surface area (Å²) in [4.78, 5) is 8.96. The van der Waals surface area contributed by atoms with Gasteiger partial charge in [-0.25, -0.2) is 0 Å². The molecule has 0 atom stereocenters. The molecule has 46 heavy (non-hydrogen) atoms. The fraction of sp³-hybridized carbons (Fsp3) is 0.0256. The first-order chi connectivity index (χ1) is 23.5. The van der Waals surface area contributed by atoms with Crippen LogP contribution >= 0.6 is 0 Å². The van der Waals surface area contributed by atoms with Crippen LogP contribution in [0.1, 0.15) is 9.68 Å². The summed E-state index contributed by atoms with van der Waals surface area (Å²) in [6.45, 7) is -2.09. The Labute approximate surface area is 283 Å². The zero-order valence-electron chi connectivity index (χ0n) is 27.2. The van der Waals surface area contributed by atoms with E-state index in [2.05, 4.69) is 74.3 Å². The van der Waals surface area contributed by atoms with Crippen LogP contribution in [0.2, 0.25) is 0 Å². The molecule has 4 heterocycles. The first kappa shape index (κ1) is 25.8. The van der Waals surface area contributed by atoms with Crippen molar-refractivity contribution >= 4 is 43.9 Å². The summed E-state index contributed by atoms with van der Waals surface area (Å²) < 4.78 is 30.3. The number of rotatable bonds is 3. The third-order valence-electron chi connectivity index (χ3n) is 7.65. The Kier molecular flexibility index (Phi) is 7.00. The molecule has 1 radical (unpaired) electrons. The van der Waals surface area contributed by atoms with Gasteiger partial charge < -0.3 is 14.0 Å². The molecule has 223 valence electrons. The number of imidazole rings is 1. The van der Waals surface area contributed by atoms with Gasteiger partial charge >= 0.3 is 0 Å². The summed E-state index contributed by atoms with van der Waals surface area (Å²) in [5.74, 6) is 0.723. The van der Waals surface area contributed by atoms with E-state index >= 15 is 0 Å². The summed E-state index contributed by atoms with van der Waals surface area (Å²) in [5.41, 5.74) is 6.74. The number of hydrogen-bond acceptors (Lipinski definition) is 5. The molecule has 0 amide bonds. The van der Waals surface area contributed by atoms with E-state index in [-0.39, 0.29) is 25.7 Å². The van der Waals surface area contributed by atoms with Crippen LogP contribution < -0.4 is 0 Å². The third-order valence-corrected chi connectivity index (χ3v) is 7.65. The van der Waals surface area contributed by atoms with Gasteiger partial charge in [0.25, 0.3) is 0 Å². The molecule has 0 fully saturated rings. The molecule has 5 aromatic carbocycles. The Bertz CT molecular complexity index is 2550. The topological polar surface area (TPSA) is 69.6 Å². The van der Waals surface area contributed by atoms with Gasteiger partial charge in [-0.2, -0.15) is 5.10 Å². The summed E-state index contributed by atoms with van der Waals surface area (Å²) in [7, 11) is 0. The Morgan fingerprint density at radius 1 is 0.739 bits per heavy atom. The third kappa shape index (κ3) is 5.26. The van der Waals surface area contributed by atoms with Crippen molar-refractivity contribution < 1.29 is 28.6 Å². The zero-order chi connectivity index (χ0) is 32.7. The molecule has 0 aliphatic heterocycles. The van der Waals surface area contributed by atoms with Crippen molar-refractivity contribution in [1.82, 2.24) is 24.7 Å². The number of furan rings is 1. The smallest absolute Gasteiger partial charge is 0.190 e. The van der Waals surface area contributed by atoms with Crippen LogP contribution in [0.5, 0.6) is 0 Å². The van der Waals surface area contributed by atoms with Crippen molar-refractivity contribution in [2.75, 3.05) is 0 Å². The van der Waals surface area contributed by atoms with Crippen molar-refractivity contribution in [1.29, 1.82) is 0 Å². The number of hydrogen-bond donors (Lipinski definition) is 0.